The summed E-state index contributed by atoms with van der Waals surface area (Å²) in [5.74, 6) is 0.701. The minimum absolute atomic E-state index is 0.0728. The second-order valence-electron chi connectivity index (χ2n) is 8.08. The van der Waals surface area contributed by atoms with Gasteiger partial charge in [0.15, 0.2) is 0 Å². The summed E-state index contributed by atoms with van der Waals surface area (Å²) in [5.41, 5.74) is 3.99. The largest absolute Gasteiger partial charge is 0.376 e. The minimum Gasteiger partial charge on any atom is -0.376 e. The number of nitrogens with one attached hydrogen (secondary N) is 2. The summed E-state index contributed by atoms with van der Waals surface area (Å²) in [6.07, 6.45) is 4.58. The van der Waals surface area contributed by atoms with Crippen molar-refractivity contribution in [1.29, 1.82) is 0 Å². The number of nitrogens with zero attached hydrogens (tertiary/aromatic N) is 1. The van der Waals surface area contributed by atoms with Gasteiger partial charge in [-0.05, 0) is 70.2 Å². The van der Waals surface area contributed by atoms with Crippen molar-refractivity contribution in [2.75, 3.05) is 26.2 Å². The van der Waals surface area contributed by atoms with E-state index in [1.807, 2.05) is 6.92 Å². The quantitative estimate of drug-likeness (QED) is 0.850. The third kappa shape index (κ3) is 3.90. The average Bonchev–Trinajstić information content (AvgIpc) is 3.32. The summed E-state index contributed by atoms with van der Waals surface area (Å²) < 4.78 is 5.60. The Hall–Kier alpha value is -1.85. The van der Waals surface area contributed by atoms with Gasteiger partial charge in [0.25, 0.3) is 0 Å². The molecule has 1 aromatic heterocycles. The van der Waals surface area contributed by atoms with E-state index in [4.69, 9.17) is 4.74 Å². The molecule has 27 heavy (non-hydrogen) atoms. The average molecular weight is 370 g/mol. The molecule has 0 spiro atoms. The lowest BCUT2D eigenvalue weighted by molar-refractivity contribution is -0.126. The molecule has 5 nitrogen and oxygen atoms in total. The van der Waals surface area contributed by atoms with E-state index < -0.39 is 0 Å². The summed E-state index contributed by atoms with van der Waals surface area (Å²) in [6.45, 7) is 7.63. The number of hydrogen-bond donors (Lipinski definition) is 2. The van der Waals surface area contributed by atoms with Crippen molar-refractivity contribution in [3.05, 3.63) is 35.5 Å². The number of carbonyl (C=O) groups is 1. The molecule has 2 aliphatic rings. The number of carbonyl (C=O) groups excluding carboxylic acids is 1. The van der Waals surface area contributed by atoms with Gasteiger partial charge in [-0.3, -0.25) is 9.69 Å². The lowest BCUT2D eigenvalue weighted by Crippen LogP contribution is -2.49. The second kappa shape index (κ2) is 8.03. The highest BCUT2D eigenvalue weighted by atomic mass is 16.5. The molecule has 0 radical (unpaired) electrons. The summed E-state index contributed by atoms with van der Waals surface area (Å²) in [6, 6.07) is 8.51. The SMILES string of the molecule is Cc1[nH]c2ccccc2c1C1CCN(C(C)C(=O)NCC2CCCO2)CC1. The van der Waals surface area contributed by atoms with E-state index in [1.165, 1.54) is 22.2 Å². The molecule has 0 aliphatic carbocycles. The third-order valence-electron chi connectivity index (χ3n) is 6.34. The zero-order chi connectivity index (χ0) is 18.8. The molecule has 2 saturated heterocycles. The normalized spacial score (nSPS) is 23.0. The lowest BCUT2D eigenvalue weighted by Gasteiger charge is -2.35. The predicted octanol–water partition coefficient (Wildman–Crippen LogP) is 3.34. The maximum absolute atomic E-state index is 12.5. The number of aryl methyl sites for hydroxylation is 1. The van der Waals surface area contributed by atoms with Crippen LogP contribution in [0.1, 0.15) is 49.8 Å². The van der Waals surface area contributed by atoms with E-state index in [0.717, 1.165) is 45.4 Å². The van der Waals surface area contributed by atoms with E-state index in [1.54, 1.807) is 0 Å². The van der Waals surface area contributed by atoms with Gasteiger partial charge in [-0.25, -0.2) is 0 Å². The van der Waals surface area contributed by atoms with E-state index in [2.05, 4.69) is 46.4 Å². The Labute approximate surface area is 161 Å². The standard InChI is InChI=1S/C22H31N3O2/c1-15-21(19-7-3-4-8-20(19)24-15)17-9-11-25(12-10-17)16(2)22(26)23-14-18-6-5-13-27-18/h3-4,7-8,16-18,24H,5-6,9-14H2,1-2H3,(H,23,26). The molecule has 1 amide bonds. The number of H-pyrrole nitrogens is 1. The number of ether oxygens (including phenoxy) is 1. The Kier molecular flexibility index (Phi) is 5.50. The summed E-state index contributed by atoms with van der Waals surface area (Å²) in [5, 5.41) is 4.44. The van der Waals surface area contributed by atoms with Crippen molar-refractivity contribution in [3.63, 3.8) is 0 Å². The molecule has 2 unspecified atom stereocenters. The molecule has 3 heterocycles. The fraction of sp³-hybridized carbons (Fsp3) is 0.591. The van der Waals surface area contributed by atoms with Crippen LogP contribution in [0.15, 0.2) is 24.3 Å². The van der Waals surface area contributed by atoms with Crippen LogP contribution in [0.5, 0.6) is 0 Å². The first kappa shape index (κ1) is 18.5. The monoisotopic (exact) mass is 369 g/mol. The smallest absolute Gasteiger partial charge is 0.237 e. The Balaban J connectivity index is 1.34. The number of likely N-dealkylation sites (tertiary alicyclic amines) is 1. The minimum atomic E-state index is -0.0728. The maximum atomic E-state index is 12.5. The first-order valence-electron chi connectivity index (χ1n) is 10.3. The van der Waals surface area contributed by atoms with Gasteiger partial charge in [-0.15, -0.1) is 0 Å². The van der Waals surface area contributed by atoms with E-state index in [9.17, 15) is 4.79 Å². The van der Waals surface area contributed by atoms with Crippen molar-refractivity contribution in [1.82, 2.24) is 15.2 Å². The molecule has 0 bridgehead atoms. The van der Waals surface area contributed by atoms with Gasteiger partial charge in [0.2, 0.25) is 5.91 Å². The highest BCUT2D eigenvalue weighted by Crippen LogP contribution is 2.35. The molecule has 2 N–H and O–H groups in total. The van der Waals surface area contributed by atoms with Crippen molar-refractivity contribution in [2.45, 2.75) is 57.6 Å². The molecular weight excluding hydrogens is 338 g/mol. The fourth-order valence-electron chi connectivity index (χ4n) is 4.73. The van der Waals surface area contributed by atoms with Gasteiger partial charge >= 0.3 is 0 Å². The topological polar surface area (TPSA) is 57.4 Å². The van der Waals surface area contributed by atoms with Crippen LogP contribution in [0.25, 0.3) is 10.9 Å². The highest BCUT2D eigenvalue weighted by Gasteiger charge is 2.29. The number of benzene rings is 1. The number of piperidine rings is 1. The number of amides is 1. The number of hydrogen-bond acceptors (Lipinski definition) is 3. The fourth-order valence-corrected chi connectivity index (χ4v) is 4.73. The first-order chi connectivity index (χ1) is 13.1. The zero-order valence-corrected chi connectivity index (χ0v) is 16.5. The predicted molar refractivity (Wildman–Crippen MR) is 108 cm³/mol. The molecule has 146 valence electrons. The Morgan fingerprint density at radius 1 is 1.30 bits per heavy atom. The van der Waals surface area contributed by atoms with Crippen LogP contribution in [0.2, 0.25) is 0 Å². The second-order valence-corrected chi connectivity index (χ2v) is 8.08. The summed E-state index contributed by atoms with van der Waals surface area (Å²) >= 11 is 0. The van der Waals surface area contributed by atoms with Gasteiger partial charge in [0, 0.05) is 29.7 Å². The summed E-state index contributed by atoms with van der Waals surface area (Å²) in [7, 11) is 0. The van der Waals surface area contributed by atoms with Gasteiger partial charge < -0.3 is 15.0 Å². The molecule has 0 saturated carbocycles. The Bertz CT molecular complexity index is 786. The van der Waals surface area contributed by atoms with Crippen molar-refractivity contribution in [3.8, 4) is 0 Å². The van der Waals surface area contributed by atoms with Crippen LogP contribution in [0.3, 0.4) is 0 Å². The van der Waals surface area contributed by atoms with E-state index >= 15 is 0 Å². The van der Waals surface area contributed by atoms with Crippen LogP contribution in [0.4, 0.5) is 0 Å². The number of rotatable bonds is 5. The van der Waals surface area contributed by atoms with E-state index in [-0.39, 0.29) is 18.1 Å². The Morgan fingerprint density at radius 3 is 2.81 bits per heavy atom. The van der Waals surface area contributed by atoms with Crippen molar-refractivity contribution in [2.24, 2.45) is 0 Å². The van der Waals surface area contributed by atoms with Gasteiger partial charge in [0.05, 0.1) is 12.1 Å². The summed E-state index contributed by atoms with van der Waals surface area (Å²) in [4.78, 5) is 18.4. The van der Waals surface area contributed by atoms with Crippen LogP contribution in [-0.4, -0.2) is 54.2 Å². The Morgan fingerprint density at radius 2 is 2.07 bits per heavy atom. The van der Waals surface area contributed by atoms with Crippen LogP contribution < -0.4 is 5.32 Å². The van der Waals surface area contributed by atoms with Crippen LogP contribution in [-0.2, 0) is 9.53 Å². The first-order valence-corrected chi connectivity index (χ1v) is 10.3. The lowest BCUT2D eigenvalue weighted by atomic mass is 9.87. The van der Waals surface area contributed by atoms with Gasteiger partial charge in [0.1, 0.15) is 0 Å². The van der Waals surface area contributed by atoms with Crippen LogP contribution >= 0.6 is 0 Å². The molecule has 1 aromatic carbocycles. The molecule has 2 atom stereocenters. The third-order valence-corrected chi connectivity index (χ3v) is 6.34. The number of fused-ring (bicyclic) bond motifs is 1. The van der Waals surface area contributed by atoms with Crippen molar-refractivity contribution < 1.29 is 9.53 Å². The van der Waals surface area contributed by atoms with Crippen LogP contribution in [0, 0.1) is 6.92 Å². The number of para-hydroxylation sites is 1. The number of aromatic nitrogens is 1. The zero-order valence-electron chi connectivity index (χ0n) is 16.5. The van der Waals surface area contributed by atoms with E-state index in [0.29, 0.717) is 12.5 Å². The molecule has 5 heteroatoms. The molecule has 2 fully saturated rings. The van der Waals surface area contributed by atoms with Crippen molar-refractivity contribution >= 4 is 16.8 Å². The molecule has 2 aromatic rings. The number of aromatic amines is 1. The highest BCUT2D eigenvalue weighted by molar-refractivity contribution is 5.85. The molecular formula is C22H31N3O2. The van der Waals surface area contributed by atoms with Gasteiger partial charge in [-0.2, -0.15) is 0 Å². The maximum Gasteiger partial charge on any atom is 0.237 e. The molecule has 4 rings (SSSR count). The molecule has 2 aliphatic heterocycles. The van der Waals surface area contributed by atoms with Gasteiger partial charge in [-0.1, -0.05) is 18.2 Å².